The van der Waals surface area contributed by atoms with Gasteiger partial charge in [0.25, 0.3) is 5.56 Å². The predicted octanol–water partition coefficient (Wildman–Crippen LogP) is -0.505. The molecule has 1 saturated carbocycles. The Hall–Kier alpha value is -1.89. The maximum atomic E-state index is 11.9. The summed E-state index contributed by atoms with van der Waals surface area (Å²) in [5.74, 6) is -0.0713. The van der Waals surface area contributed by atoms with Crippen molar-refractivity contribution in [3.05, 3.63) is 22.6 Å². The summed E-state index contributed by atoms with van der Waals surface area (Å²) in [6, 6.07) is 1.81. The standard InChI is InChI=1S/C13H21N5O2/c1-14-5-6-15-10-7-12(19)18(16-8-10)9-13(20)17(2)11-3-4-11/h7-8,11,14-15H,3-6,9H2,1-2H3. The van der Waals surface area contributed by atoms with Crippen molar-refractivity contribution in [2.75, 3.05) is 32.5 Å². The maximum absolute atomic E-state index is 11.9. The van der Waals surface area contributed by atoms with Crippen LogP contribution in [0.3, 0.4) is 0 Å². The van der Waals surface area contributed by atoms with Crippen molar-refractivity contribution >= 4 is 11.6 Å². The zero-order chi connectivity index (χ0) is 14.5. The molecule has 0 radical (unpaired) electrons. The smallest absolute Gasteiger partial charge is 0.269 e. The van der Waals surface area contributed by atoms with Crippen LogP contribution in [-0.2, 0) is 11.3 Å². The average molecular weight is 279 g/mol. The van der Waals surface area contributed by atoms with Gasteiger partial charge in [-0.2, -0.15) is 5.10 Å². The first-order chi connectivity index (χ1) is 9.61. The molecule has 0 saturated heterocycles. The summed E-state index contributed by atoms with van der Waals surface area (Å²) in [7, 11) is 3.64. The molecule has 2 N–H and O–H groups in total. The minimum absolute atomic E-state index is 0.00261. The Balaban J connectivity index is 1.95. The second-order valence-electron chi connectivity index (χ2n) is 5.01. The van der Waals surface area contributed by atoms with Crippen LogP contribution in [0, 0.1) is 0 Å². The van der Waals surface area contributed by atoms with Crippen LogP contribution >= 0.6 is 0 Å². The highest BCUT2D eigenvalue weighted by Gasteiger charge is 2.29. The topological polar surface area (TPSA) is 79.3 Å². The first kappa shape index (κ1) is 14.5. The zero-order valence-corrected chi connectivity index (χ0v) is 11.9. The van der Waals surface area contributed by atoms with E-state index in [9.17, 15) is 9.59 Å². The number of hydrogen-bond donors (Lipinski definition) is 2. The van der Waals surface area contributed by atoms with Gasteiger partial charge in [-0.3, -0.25) is 9.59 Å². The summed E-state index contributed by atoms with van der Waals surface area (Å²) in [5.41, 5.74) is 0.404. The molecule has 7 heteroatoms. The van der Waals surface area contributed by atoms with E-state index in [0.29, 0.717) is 18.3 Å². The Morgan fingerprint density at radius 2 is 2.25 bits per heavy atom. The molecule has 1 fully saturated rings. The van der Waals surface area contributed by atoms with Crippen molar-refractivity contribution in [3.8, 4) is 0 Å². The summed E-state index contributed by atoms with van der Waals surface area (Å²) < 4.78 is 1.20. The molecule has 1 heterocycles. The average Bonchev–Trinajstić information content (AvgIpc) is 3.25. The van der Waals surface area contributed by atoms with E-state index in [0.717, 1.165) is 19.4 Å². The number of rotatable bonds is 7. The lowest BCUT2D eigenvalue weighted by atomic mass is 10.4. The largest absolute Gasteiger partial charge is 0.382 e. The summed E-state index contributed by atoms with van der Waals surface area (Å²) in [5, 5.41) is 10.1. The van der Waals surface area contributed by atoms with Crippen LogP contribution in [0.4, 0.5) is 5.69 Å². The van der Waals surface area contributed by atoms with Gasteiger partial charge in [-0.1, -0.05) is 0 Å². The molecule has 0 atom stereocenters. The van der Waals surface area contributed by atoms with Crippen LogP contribution in [0.25, 0.3) is 0 Å². The van der Waals surface area contributed by atoms with E-state index in [2.05, 4.69) is 15.7 Å². The molecular formula is C13H21N5O2. The van der Waals surface area contributed by atoms with Gasteiger partial charge in [0.15, 0.2) is 0 Å². The van der Waals surface area contributed by atoms with Gasteiger partial charge >= 0.3 is 0 Å². The van der Waals surface area contributed by atoms with Crippen LogP contribution in [0.15, 0.2) is 17.1 Å². The summed E-state index contributed by atoms with van der Waals surface area (Å²) in [6.45, 7) is 1.52. The lowest BCUT2D eigenvalue weighted by Gasteiger charge is -2.16. The first-order valence-corrected chi connectivity index (χ1v) is 6.83. The van der Waals surface area contributed by atoms with Crippen LogP contribution in [0.1, 0.15) is 12.8 Å². The Labute approximate surface area is 118 Å². The van der Waals surface area contributed by atoms with Gasteiger partial charge < -0.3 is 15.5 Å². The fourth-order valence-electron chi connectivity index (χ4n) is 1.89. The van der Waals surface area contributed by atoms with Crippen molar-refractivity contribution in [2.45, 2.75) is 25.4 Å². The van der Waals surface area contributed by atoms with Crippen molar-refractivity contribution < 1.29 is 4.79 Å². The third-order valence-corrected chi connectivity index (χ3v) is 3.35. The number of anilines is 1. The minimum Gasteiger partial charge on any atom is -0.382 e. The van der Waals surface area contributed by atoms with Crippen LogP contribution < -0.4 is 16.2 Å². The Kier molecular flexibility index (Phi) is 4.73. The van der Waals surface area contributed by atoms with Crippen LogP contribution in [0.5, 0.6) is 0 Å². The van der Waals surface area contributed by atoms with E-state index >= 15 is 0 Å². The van der Waals surface area contributed by atoms with Gasteiger partial charge in [0.2, 0.25) is 5.91 Å². The molecule has 1 aliphatic carbocycles. The van der Waals surface area contributed by atoms with E-state index in [1.165, 1.54) is 10.7 Å². The minimum atomic E-state index is -0.267. The highest BCUT2D eigenvalue weighted by Crippen LogP contribution is 2.25. The third-order valence-electron chi connectivity index (χ3n) is 3.35. The number of nitrogens with one attached hydrogen (secondary N) is 2. The molecule has 1 aliphatic rings. The summed E-state index contributed by atoms with van der Waals surface area (Å²) >= 11 is 0. The van der Waals surface area contributed by atoms with E-state index in [1.54, 1.807) is 18.1 Å². The monoisotopic (exact) mass is 279 g/mol. The molecular weight excluding hydrogens is 258 g/mol. The van der Waals surface area contributed by atoms with Gasteiger partial charge in [-0.15, -0.1) is 0 Å². The highest BCUT2D eigenvalue weighted by molar-refractivity contribution is 5.76. The van der Waals surface area contributed by atoms with Gasteiger partial charge in [-0.05, 0) is 19.9 Å². The second-order valence-corrected chi connectivity index (χ2v) is 5.01. The Morgan fingerprint density at radius 1 is 1.50 bits per heavy atom. The van der Waals surface area contributed by atoms with Crippen molar-refractivity contribution in [3.63, 3.8) is 0 Å². The summed E-state index contributed by atoms with van der Waals surface area (Å²) in [6.07, 6.45) is 3.68. The van der Waals surface area contributed by atoms with E-state index in [1.807, 2.05) is 7.05 Å². The number of carbonyl (C=O) groups is 1. The van der Waals surface area contributed by atoms with Crippen LogP contribution in [0.2, 0.25) is 0 Å². The van der Waals surface area contributed by atoms with Gasteiger partial charge in [0.1, 0.15) is 6.54 Å². The molecule has 110 valence electrons. The predicted molar refractivity (Wildman–Crippen MR) is 76.7 cm³/mol. The Bertz CT molecular complexity index is 524. The lowest BCUT2D eigenvalue weighted by molar-refractivity contribution is -0.131. The van der Waals surface area contributed by atoms with Crippen molar-refractivity contribution in [1.82, 2.24) is 20.0 Å². The number of aromatic nitrogens is 2. The molecule has 0 bridgehead atoms. The van der Waals surface area contributed by atoms with Gasteiger partial charge in [0.05, 0.1) is 11.9 Å². The zero-order valence-electron chi connectivity index (χ0n) is 11.9. The maximum Gasteiger partial charge on any atom is 0.269 e. The van der Waals surface area contributed by atoms with Crippen molar-refractivity contribution in [1.29, 1.82) is 0 Å². The van der Waals surface area contributed by atoms with E-state index < -0.39 is 0 Å². The molecule has 0 aromatic carbocycles. The van der Waals surface area contributed by atoms with E-state index in [4.69, 9.17) is 0 Å². The highest BCUT2D eigenvalue weighted by atomic mass is 16.2. The molecule has 7 nitrogen and oxygen atoms in total. The third kappa shape index (κ3) is 3.80. The molecule has 20 heavy (non-hydrogen) atoms. The first-order valence-electron chi connectivity index (χ1n) is 6.83. The number of nitrogens with zero attached hydrogens (tertiary/aromatic N) is 3. The van der Waals surface area contributed by atoms with E-state index in [-0.39, 0.29) is 18.0 Å². The SMILES string of the molecule is CNCCNc1cnn(CC(=O)N(C)C2CC2)c(=O)c1. The molecule has 1 amide bonds. The van der Waals surface area contributed by atoms with Crippen molar-refractivity contribution in [2.24, 2.45) is 0 Å². The fourth-order valence-corrected chi connectivity index (χ4v) is 1.89. The number of hydrogen-bond acceptors (Lipinski definition) is 5. The molecule has 0 unspecified atom stereocenters. The normalized spacial score (nSPS) is 14.1. The molecule has 1 aromatic heterocycles. The number of likely N-dealkylation sites (N-methyl/N-ethyl adjacent to an activating group) is 2. The molecule has 0 spiro atoms. The second kappa shape index (κ2) is 6.51. The Morgan fingerprint density at radius 3 is 2.85 bits per heavy atom. The number of carbonyl (C=O) groups excluding carboxylic acids is 1. The van der Waals surface area contributed by atoms with Gasteiger partial charge in [0, 0.05) is 32.2 Å². The number of amides is 1. The van der Waals surface area contributed by atoms with Gasteiger partial charge in [-0.25, -0.2) is 4.68 Å². The summed E-state index contributed by atoms with van der Waals surface area (Å²) in [4.78, 5) is 25.5. The molecule has 0 aliphatic heterocycles. The fraction of sp³-hybridized carbons (Fsp3) is 0.615. The van der Waals surface area contributed by atoms with Crippen LogP contribution in [-0.4, -0.2) is 53.8 Å². The molecule has 1 aromatic rings. The molecule has 2 rings (SSSR count). The lowest BCUT2D eigenvalue weighted by Crippen LogP contribution is -2.36. The quantitative estimate of drug-likeness (QED) is 0.658.